The topological polar surface area (TPSA) is 64.9 Å². The number of hydrogen-bond donors (Lipinski definition) is 1. The average molecular weight is 345 g/mol. The normalized spacial score (nSPS) is 16.8. The molecule has 0 radical (unpaired) electrons. The fourth-order valence-electron chi connectivity index (χ4n) is 3.00. The summed E-state index contributed by atoms with van der Waals surface area (Å²) < 4.78 is 34.7. The Morgan fingerprint density at radius 3 is 2.80 bits per heavy atom. The zero-order chi connectivity index (χ0) is 17.8. The van der Waals surface area contributed by atoms with Crippen LogP contribution in [0.2, 0.25) is 0 Å². The van der Waals surface area contributed by atoms with Crippen LogP contribution >= 0.6 is 0 Å². The summed E-state index contributed by atoms with van der Waals surface area (Å²) in [6, 6.07) is 1.58. The third-order valence-electron chi connectivity index (χ3n) is 4.12. The lowest BCUT2D eigenvalue weighted by atomic mass is 10.1. The Morgan fingerprint density at radius 2 is 2.04 bits per heavy atom. The van der Waals surface area contributed by atoms with Gasteiger partial charge >= 0.3 is 0 Å². The quantitative estimate of drug-likeness (QED) is 0.771. The minimum atomic E-state index is -0.659. The van der Waals surface area contributed by atoms with Gasteiger partial charge in [0.25, 0.3) is 0 Å². The molecule has 0 saturated carbocycles. The lowest BCUT2D eigenvalue weighted by Gasteiger charge is -2.20. The van der Waals surface area contributed by atoms with Crippen LogP contribution in [0.4, 0.5) is 14.6 Å². The molecule has 4 rings (SSSR count). The average Bonchev–Trinajstić information content (AvgIpc) is 3.11. The maximum absolute atomic E-state index is 14.2. The van der Waals surface area contributed by atoms with E-state index in [-0.39, 0.29) is 17.9 Å². The van der Waals surface area contributed by atoms with E-state index in [0.29, 0.717) is 17.0 Å². The summed E-state index contributed by atoms with van der Waals surface area (Å²) in [6.07, 6.45) is 3.12. The Balaban J connectivity index is 1.73. The lowest BCUT2D eigenvalue weighted by Crippen LogP contribution is -2.23. The molecule has 3 heterocycles. The molecule has 1 aromatic carbocycles. The third kappa shape index (κ3) is 2.57. The van der Waals surface area contributed by atoms with Crippen molar-refractivity contribution in [2.75, 3.05) is 11.9 Å². The van der Waals surface area contributed by atoms with Crippen molar-refractivity contribution >= 4 is 16.9 Å². The highest BCUT2D eigenvalue weighted by atomic mass is 19.1. The van der Waals surface area contributed by atoms with Gasteiger partial charge < -0.3 is 10.1 Å². The van der Waals surface area contributed by atoms with Crippen molar-refractivity contribution in [1.82, 2.24) is 19.7 Å². The van der Waals surface area contributed by atoms with E-state index in [1.54, 1.807) is 6.20 Å². The summed E-state index contributed by atoms with van der Waals surface area (Å²) in [4.78, 5) is 8.57. The molecule has 0 aliphatic carbocycles. The van der Waals surface area contributed by atoms with Crippen molar-refractivity contribution in [1.29, 1.82) is 0 Å². The standard InChI is InChI=1S/C17H17F2N5O/c1-17(2,3)24-16-10(6-22-24)15(20-8-21-16)23-12-7-25-13-5-9(18)4-11(19)14(12)13/h4-6,8,12H,7H2,1-3H3,(H,20,21,23). The van der Waals surface area contributed by atoms with E-state index in [4.69, 9.17) is 4.74 Å². The number of halogens is 2. The van der Waals surface area contributed by atoms with Crippen LogP contribution < -0.4 is 10.1 Å². The summed E-state index contributed by atoms with van der Waals surface area (Å²) in [7, 11) is 0. The molecule has 0 amide bonds. The van der Waals surface area contributed by atoms with Gasteiger partial charge in [-0.1, -0.05) is 0 Å². The monoisotopic (exact) mass is 345 g/mol. The number of ether oxygens (including phenoxy) is 1. The molecule has 130 valence electrons. The number of fused-ring (bicyclic) bond motifs is 2. The largest absolute Gasteiger partial charge is 0.490 e. The zero-order valence-electron chi connectivity index (χ0n) is 14.0. The van der Waals surface area contributed by atoms with Crippen LogP contribution in [0.1, 0.15) is 32.4 Å². The highest BCUT2D eigenvalue weighted by Gasteiger charge is 2.30. The SMILES string of the molecule is CC(C)(C)n1ncc2c(NC3COc4cc(F)cc(F)c43)ncnc21. The molecule has 1 N–H and O–H groups in total. The first-order valence-corrected chi connectivity index (χ1v) is 7.92. The van der Waals surface area contributed by atoms with Crippen LogP contribution in [0, 0.1) is 11.6 Å². The highest BCUT2D eigenvalue weighted by molar-refractivity contribution is 5.86. The van der Waals surface area contributed by atoms with Crippen molar-refractivity contribution in [3.05, 3.63) is 41.9 Å². The molecule has 0 bridgehead atoms. The molecule has 3 aromatic rings. The zero-order valence-corrected chi connectivity index (χ0v) is 14.0. The molecule has 1 aliphatic rings. The van der Waals surface area contributed by atoms with E-state index in [1.807, 2.05) is 25.5 Å². The highest BCUT2D eigenvalue weighted by Crippen LogP contribution is 2.37. The molecular weight excluding hydrogens is 328 g/mol. The molecule has 0 fully saturated rings. The molecule has 8 heteroatoms. The minimum Gasteiger partial charge on any atom is -0.490 e. The number of rotatable bonds is 2. The first-order valence-electron chi connectivity index (χ1n) is 7.92. The molecule has 1 unspecified atom stereocenters. The molecule has 6 nitrogen and oxygen atoms in total. The lowest BCUT2D eigenvalue weighted by molar-refractivity contribution is 0.338. The van der Waals surface area contributed by atoms with Crippen molar-refractivity contribution in [3.63, 3.8) is 0 Å². The Bertz CT molecular complexity index is 964. The molecule has 1 aliphatic heterocycles. The molecular formula is C17H17F2N5O. The van der Waals surface area contributed by atoms with E-state index < -0.39 is 17.7 Å². The van der Waals surface area contributed by atoms with Crippen LogP contribution in [0.25, 0.3) is 11.0 Å². The summed E-state index contributed by atoms with van der Waals surface area (Å²) >= 11 is 0. The second-order valence-corrected chi connectivity index (χ2v) is 6.99. The second-order valence-electron chi connectivity index (χ2n) is 6.99. The smallest absolute Gasteiger partial charge is 0.163 e. The number of nitrogens with one attached hydrogen (secondary N) is 1. The number of hydrogen-bond acceptors (Lipinski definition) is 5. The van der Waals surface area contributed by atoms with Crippen LogP contribution in [0.5, 0.6) is 5.75 Å². The fraction of sp³-hybridized carbons (Fsp3) is 0.353. The Hall–Kier alpha value is -2.77. The number of aromatic nitrogens is 4. The summed E-state index contributed by atoms with van der Waals surface area (Å²) in [5.74, 6) is -0.551. The Labute approximate surface area is 142 Å². The maximum atomic E-state index is 14.2. The number of anilines is 1. The molecule has 0 spiro atoms. The van der Waals surface area contributed by atoms with Crippen LogP contribution in [0.15, 0.2) is 24.7 Å². The fourth-order valence-corrected chi connectivity index (χ4v) is 3.00. The van der Waals surface area contributed by atoms with Gasteiger partial charge in [0, 0.05) is 12.1 Å². The van der Waals surface area contributed by atoms with Gasteiger partial charge in [0.05, 0.1) is 28.7 Å². The third-order valence-corrected chi connectivity index (χ3v) is 4.12. The van der Waals surface area contributed by atoms with Crippen molar-refractivity contribution < 1.29 is 13.5 Å². The maximum Gasteiger partial charge on any atom is 0.163 e. The Kier molecular flexibility index (Phi) is 3.38. The molecule has 25 heavy (non-hydrogen) atoms. The number of nitrogens with zero attached hydrogens (tertiary/aromatic N) is 4. The summed E-state index contributed by atoms with van der Waals surface area (Å²) in [5.41, 5.74) is 0.750. The van der Waals surface area contributed by atoms with E-state index in [2.05, 4.69) is 20.4 Å². The summed E-state index contributed by atoms with van der Waals surface area (Å²) in [6.45, 7) is 6.27. The molecule has 1 atom stereocenters. The first kappa shape index (κ1) is 15.7. The van der Waals surface area contributed by atoms with E-state index in [9.17, 15) is 8.78 Å². The van der Waals surface area contributed by atoms with Gasteiger partial charge in [-0.3, -0.25) is 0 Å². The van der Waals surface area contributed by atoms with Gasteiger partial charge in [-0.2, -0.15) is 5.10 Å². The van der Waals surface area contributed by atoms with E-state index in [1.165, 1.54) is 12.4 Å². The first-order chi connectivity index (χ1) is 11.8. The van der Waals surface area contributed by atoms with Gasteiger partial charge in [-0.15, -0.1) is 0 Å². The van der Waals surface area contributed by atoms with Crippen molar-refractivity contribution in [2.45, 2.75) is 32.4 Å². The van der Waals surface area contributed by atoms with Crippen LogP contribution in [-0.4, -0.2) is 26.4 Å². The second kappa shape index (κ2) is 5.37. The van der Waals surface area contributed by atoms with Gasteiger partial charge in [0.2, 0.25) is 0 Å². The number of benzene rings is 1. The predicted octanol–water partition coefficient (Wildman–Crippen LogP) is 3.41. The van der Waals surface area contributed by atoms with E-state index >= 15 is 0 Å². The van der Waals surface area contributed by atoms with E-state index in [0.717, 1.165) is 11.5 Å². The minimum absolute atomic E-state index is 0.189. The van der Waals surface area contributed by atoms with Crippen molar-refractivity contribution in [2.24, 2.45) is 0 Å². The van der Waals surface area contributed by atoms with Crippen LogP contribution in [0.3, 0.4) is 0 Å². The van der Waals surface area contributed by atoms with Crippen molar-refractivity contribution in [3.8, 4) is 5.75 Å². The Morgan fingerprint density at radius 1 is 1.24 bits per heavy atom. The summed E-state index contributed by atoms with van der Waals surface area (Å²) in [5, 5.41) is 8.30. The van der Waals surface area contributed by atoms with Gasteiger partial charge in [0.15, 0.2) is 5.65 Å². The van der Waals surface area contributed by atoms with Gasteiger partial charge in [-0.05, 0) is 20.8 Å². The van der Waals surface area contributed by atoms with Gasteiger partial charge in [0.1, 0.15) is 36.1 Å². The van der Waals surface area contributed by atoms with Gasteiger partial charge in [-0.25, -0.2) is 23.4 Å². The molecule has 2 aromatic heterocycles. The molecule has 0 saturated heterocycles. The predicted molar refractivity (Wildman–Crippen MR) is 88.5 cm³/mol. The van der Waals surface area contributed by atoms with Crippen LogP contribution in [-0.2, 0) is 5.54 Å².